The Labute approximate surface area is 124 Å². The summed E-state index contributed by atoms with van der Waals surface area (Å²) in [6, 6.07) is 8.73. The first-order valence-electron chi connectivity index (χ1n) is 7.82. The molecule has 0 radical (unpaired) electrons. The molecule has 1 aromatic rings. The van der Waals surface area contributed by atoms with Crippen LogP contribution < -0.4 is 4.74 Å². The van der Waals surface area contributed by atoms with Crippen molar-refractivity contribution in [3.63, 3.8) is 0 Å². The van der Waals surface area contributed by atoms with Crippen LogP contribution in [0.1, 0.15) is 51.5 Å². The van der Waals surface area contributed by atoms with Crippen LogP contribution in [0.2, 0.25) is 0 Å². The normalized spacial score (nSPS) is 30.5. The average Bonchev–Trinajstić information content (AvgIpc) is 2.47. The molecule has 2 heteroatoms. The molecule has 2 nitrogen and oxygen atoms in total. The van der Waals surface area contributed by atoms with Crippen molar-refractivity contribution in [3.05, 3.63) is 29.8 Å². The van der Waals surface area contributed by atoms with Crippen LogP contribution in [0.25, 0.3) is 0 Å². The fourth-order valence-electron chi connectivity index (χ4n) is 4.38. The molecule has 0 heterocycles. The van der Waals surface area contributed by atoms with E-state index in [9.17, 15) is 0 Å². The Morgan fingerprint density at radius 2 is 1.70 bits per heavy atom. The number of rotatable bonds is 4. The molecule has 2 rings (SSSR count). The highest BCUT2D eigenvalue weighted by Crippen LogP contribution is 2.50. The lowest BCUT2D eigenvalue weighted by atomic mass is 9.57. The highest BCUT2D eigenvalue weighted by molar-refractivity contribution is 5.36. The summed E-state index contributed by atoms with van der Waals surface area (Å²) < 4.78 is 5.30. The molecule has 0 N–H and O–H groups in total. The molecular formula is C18H29NO. The van der Waals surface area contributed by atoms with Crippen LogP contribution in [0.5, 0.6) is 5.75 Å². The number of ether oxygens (including phenoxy) is 1. The first-order valence-corrected chi connectivity index (χ1v) is 7.82. The summed E-state index contributed by atoms with van der Waals surface area (Å²) in [4.78, 5) is 2.47. The summed E-state index contributed by atoms with van der Waals surface area (Å²) >= 11 is 0. The second-order valence-corrected chi connectivity index (χ2v) is 6.55. The van der Waals surface area contributed by atoms with E-state index in [1.807, 2.05) is 0 Å². The zero-order valence-electron chi connectivity index (χ0n) is 13.7. The van der Waals surface area contributed by atoms with Crippen LogP contribution in [0.15, 0.2) is 24.3 Å². The fourth-order valence-corrected chi connectivity index (χ4v) is 4.38. The number of benzene rings is 1. The minimum Gasteiger partial charge on any atom is -0.497 e. The lowest BCUT2D eigenvalue weighted by Gasteiger charge is -2.56. The van der Waals surface area contributed by atoms with Crippen molar-refractivity contribution in [2.75, 3.05) is 21.2 Å². The third-order valence-corrected chi connectivity index (χ3v) is 5.71. The average molecular weight is 275 g/mol. The Bertz CT molecular complexity index is 439. The Hall–Kier alpha value is -1.02. The van der Waals surface area contributed by atoms with E-state index in [0.717, 1.165) is 5.75 Å². The smallest absolute Gasteiger partial charge is 0.118 e. The molecule has 1 saturated carbocycles. The van der Waals surface area contributed by atoms with Crippen LogP contribution in [0.3, 0.4) is 0 Å². The van der Waals surface area contributed by atoms with Crippen LogP contribution in [-0.4, -0.2) is 31.6 Å². The van der Waals surface area contributed by atoms with Crippen molar-refractivity contribution in [3.8, 4) is 5.75 Å². The van der Waals surface area contributed by atoms with Gasteiger partial charge in [-0.1, -0.05) is 38.8 Å². The van der Waals surface area contributed by atoms with Gasteiger partial charge in [-0.05, 0) is 51.1 Å². The first-order chi connectivity index (χ1) is 9.50. The van der Waals surface area contributed by atoms with Crippen LogP contribution in [-0.2, 0) is 5.41 Å². The third-order valence-electron chi connectivity index (χ3n) is 5.71. The molecule has 1 aliphatic carbocycles. The minimum absolute atomic E-state index is 0.218. The lowest BCUT2D eigenvalue weighted by molar-refractivity contribution is 0.0148. The zero-order chi connectivity index (χ0) is 14.8. The molecule has 0 amide bonds. The molecule has 0 saturated heterocycles. The van der Waals surface area contributed by atoms with E-state index in [4.69, 9.17) is 4.74 Å². The van der Waals surface area contributed by atoms with E-state index >= 15 is 0 Å². The van der Waals surface area contributed by atoms with Gasteiger partial charge in [-0.25, -0.2) is 0 Å². The molecule has 20 heavy (non-hydrogen) atoms. The molecule has 2 unspecified atom stereocenters. The highest BCUT2D eigenvalue weighted by Gasteiger charge is 2.50. The van der Waals surface area contributed by atoms with Crippen molar-refractivity contribution in [1.82, 2.24) is 4.90 Å². The molecular weight excluding hydrogens is 246 g/mol. The molecule has 2 atom stereocenters. The predicted molar refractivity (Wildman–Crippen MR) is 85.5 cm³/mol. The van der Waals surface area contributed by atoms with E-state index in [-0.39, 0.29) is 11.0 Å². The molecule has 1 aliphatic rings. The molecule has 0 aliphatic heterocycles. The van der Waals surface area contributed by atoms with Crippen molar-refractivity contribution in [2.24, 2.45) is 0 Å². The summed E-state index contributed by atoms with van der Waals surface area (Å²) in [7, 11) is 6.22. The predicted octanol–water partition coefficient (Wildman–Crippen LogP) is 4.24. The van der Waals surface area contributed by atoms with E-state index in [1.165, 1.54) is 37.7 Å². The van der Waals surface area contributed by atoms with Crippen molar-refractivity contribution in [1.29, 1.82) is 0 Å². The van der Waals surface area contributed by atoms with Gasteiger partial charge in [0.25, 0.3) is 0 Å². The number of nitrogens with zero attached hydrogens (tertiary/aromatic N) is 1. The molecule has 0 aromatic heterocycles. The topological polar surface area (TPSA) is 12.5 Å². The lowest BCUT2D eigenvalue weighted by Crippen LogP contribution is -2.60. The summed E-state index contributed by atoms with van der Waals surface area (Å²) in [6.07, 6.45) is 6.43. The van der Waals surface area contributed by atoms with Gasteiger partial charge in [-0.15, -0.1) is 0 Å². The van der Waals surface area contributed by atoms with Gasteiger partial charge in [0.15, 0.2) is 0 Å². The Morgan fingerprint density at radius 1 is 1.10 bits per heavy atom. The van der Waals surface area contributed by atoms with E-state index in [2.05, 4.69) is 57.1 Å². The van der Waals surface area contributed by atoms with E-state index in [1.54, 1.807) is 7.11 Å². The Balaban J connectivity index is 2.46. The molecule has 1 fully saturated rings. The van der Waals surface area contributed by atoms with Gasteiger partial charge < -0.3 is 9.64 Å². The monoisotopic (exact) mass is 275 g/mol. The minimum atomic E-state index is 0.218. The van der Waals surface area contributed by atoms with E-state index in [0.29, 0.717) is 0 Å². The van der Waals surface area contributed by atoms with Gasteiger partial charge in [-0.3, -0.25) is 0 Å². The standard InChI is InChI=1S/C18H29NO/c1-6-18(19(3)4)14-8-7-13-17(18,2)15-9-11-16(20-5)12-10-15/h9-12H,6-8,13-14H2,1-5H3. The number of methoxy groups -OCH3 is 1. The largest absolute Gasteiger partial charge is 0.497 e. The maximum absolute atomic E-state index is 5.30. The van der Waals surface area contributed by atoms with Gasteiger partial charge in [0.05, 0.1) is 7.11 Å². The summed E-state index contributed by atoms with van der Waals surface area (Å²) in [5.41, 5.74) is 1.93. The fraction of sp³-hybridized carbons (Fsp3) is 0.667. The third kappa shape index (κ3) is 2.24. The van der Waals surface area contributed by atoms with E-state index < -0.39 is 0 Å². The summed E-state index contributed by atoms with van der Waals surface area (Å²) in [5.74, 6) is 0.945. The first kappa shape index (κ1) is 15.4. The maximum Gasteiger partial charge on any atom is 0.118 e. The molecule has 0 spiro atoms. The van der Waals surface area contributed by atoms with Gasteiger partial charge in [-0.2, -0.15) is 0 Å². The van der Waals surface area contributed by atoms with Crippen molar-refractivity contribution < 1.29 is 4.74 Å². The summed E-state index contributed by atoms with van der Waals surface area (Å²) in [5, 5.41) is 0. The Morgan fingerprint density at radius 3 is 2.20 bits per heavy atom. The second kappa shape index (κ2) is 5.77. The quantitative estimate of drug-likeness (QED) is 0.815. The van der Waals surface area contributed by atoms with Crippen LogP contribution >= 0.6 is 0 Å². The second-order valence-electron chi connectivity index (χ2n) is 6.55. The Kier molecular flexibility index (Phi) is 4.43. The number of hydrogen-bond acceptors (Lipinski definition) is 2. The van der Waals surface area contributed by atoms with Gasteiger partial charge in [0.1, 0.15) is 5.75 Å². The molecule has 0 bridgehead atoms. The molecule has 1 aromatic carbocycles. The number of hydrogen-bond donors (Lipinski definition) is 0. The zero-order valence-corrected chi connectivity index (χ0v) is 13.7. The summed E-state index contributed by atoms with van der Waals surface area (Å²) in [6.45, 7) is 4.80. The van der Waals surface area contributed by atoms with Gasteiger partial charge >= 0.3 is 0 Å². The highest BCUT2D eigenvalue weighted by atomic mass is 16.5. The van der Waals surface area contributed by atoms with Crippen molar-refractivity contribution in [2.45, 2.75) is 56.9 Å². The van der Waals surface area contributed by atoms with Crippen molar-refractivity contribution >= 4 is 0 Å². The number of likely N-dealkylation sites (N-methyl/N-ethyl adjacent to an activating group) is 1. The van der Waals surface area contributed by atoms with Gasteiger partial charge in [0, 0.05) is 11.0 Å². The van der Waals surface area contributed by atoms with Crippen LogP contribution in [0.4, 0.5) is 0 Å². The molecule has 112 valence electrons. The van der Waals surface area contributed by atoms with Crippen LogP contribution in [0, 0.1) is 0 Å². The van der Waals surface area contributed by atoms with Gasteiger partial charge in [0.2, 0.25) is 0 Å². The maximum atomic E-state index is 5.30. The SMILES string of the molecule is CCC1(N(C)C)CCCCC1(C)c1ccc(OC)cc1.